The summed E-state index contributed by atoms with van der Waals surface area (Å²) in [5, 5.41) is 10.0. The molecule has 0 bridgehead atoms. The minimum atomic E-state index is -0.471. The van der Waals surface area contributed by atoms with Crippen molar-refractivity contribution in [1.29, 1.82) is 0 Å². The maximum Gasteiger partial charge on any atom is 0.164 e. The van der Waals surface area contributed by atoms with Crippen molar-refractivity contribution in [3.05, 3.63) is 148 Å². The molecular weight excluding hydrogens is 416 g/mol. The Morgan fingerprint density at radius 2 is 1.35 bits per heavy atom. The van der Waals surface area contributed by atoms with Gasteiger partial charge < -0.3 is 5.11 Å². The van der Waals surface area contributed by atoms with Crippen LogP contribution in [0.3, 0.4) is 0 Å². The third kappa shape index (κ3) is 4.25. The Hall–Kier alpha value is -3.75. The fraction of sp³-hybridized carbons (Fsp3) is 0.156. The predicted octanol–water partition coefficient (Wildman–Crippen LogP) is 7.19. The summed E-state index contributed by atoms with van der Waals surface area (Å²) >= 11 is 0. The molecule has 0 heterocycles. The van der Waals surface area contributed by atoms with Crippen LogP contribution in [0, 0.1) is 13.8 Å². The summed E-state index contributed by atoms with van der Waals surface area (Å²) in [7, 11) is 0. The first kappa shape index (κ1) is 22.1. The van der Waals surface area contributed by atoms with Gasteiger partial charge in [-0.1, -0.05) is 108 Å². The summed E-state index contributed by atoms with van der Waals surface area (Å²) in [5.41, 5.74) is 10.3. The molecule has 0 unspecified atom stereocenters. The van der Waals surface area contributed by atoms with Crippen LogP contribution in [0.4, 0.5) is 0 Å². The normalized spacial score (nSPS) is 18.0. The second kappa shape index (κ2) is 9.24. The Kier molecular flexibility index (Phi) is 6.00. The van der Waals surface area contributed by atoms with E-state index >= 15 is 0 Å². The molecule has 0 aliphatic heterocycles. The second-order valence-electron chi connectivity index (χ2n) is 9.16. The van der Waals surface area contributed by atoms with Gasteiger partial charge in [-0.3, -0.25) is 4.79 Å². The van der Waals surface area contributed by atoms with Crippen molar-refractivity contribution in [3.63, 3.8) is 0 Å². The fourth-order valence-electron chi connectivity index (χ4n) is 4.98. The van der Waals surface area contributed by atoms with E-state index in [9.17, 15) is 9.90 Å². The number of aliphatic hydroxyl groups is 1. The number of carbonyl (C=O) groups is 1. The maximum atomic E-state index is 12.0. The zero-order valence-electron chi connectivity index (χ0n) is 19.5. The van der Waals surface area contributed by atoms with Gasteiger partial charge in [0.15, 0.2) is 5.78 Å². The minimum Gasteiger partial charge on any atom is -0.384 e. The molecule has 34 heavy (non-hydrogen) atoms. The first-order chi connectivity index (χ1) is 16.5. The summed E-state index contributed by atoms with van der Waals surface area (Å²) < 4.78 is 0. The van der Waals surface area contributed by atoms with Crippen molar-refractivity contribution in [1.82, 2.24) is 0 Å². The molecule has 4 aromatic carbocycles. The molecule has 2 aliphatic carbocycles. The summed E-state index contributed by atoms with van der Waals surface area (Å²) in [6.07, 6.45) is 2.07. The molecule has 0 saturated heterocycles. The van der Waals surface area contributed by atoms with Gasteiger partial charge in [-0.2, -0.15) is 0 Å². The summed E-state index contributed by atoms with van der Waals surface area (Å²) in [6.45, 7) is 4.15. The van der Waals surface area contributed by atoms with Crippen molar-refractivity contribution in [2.24, 2.45) is 0 Å². The SMILES string of the molecule is Cc1ccc2c(c1)C(c1ccccc1)=C[C@@H]2O.Cc1ccc2c(c1)[C@H](c1ccccc1)CC2=O. The quantitative estimate of drug-likeness (QED) is 0.355. The van der Waals surface area contributed by atoms with Crippen LogP contribution in [0.15, 0.2) is 103 Å². The molecule has 0 saturated carbocycles. The van der Waals surface area contributed by atoms with Crippen LogP contribution in [-0.2, 0) is 0 Å². The molecule has 4 aromatic rings. The number of benzene rings is 4. The Labute approximate surface area is 201 Å². The number of carbonyl (C=O) groups excluding carboxylic acids is 1. The number of aryl methyl sites for hydroxylation is 2. The molecule has 2 aliphatic rings. The lowest BCUT2D eigenvalue weighted by molar-refractivity contribution is 0.0991. The van der Waals surface area contributed by atoms with Crippen molar-refractivity contribution in [2.45, 2.75) is 32.3 Å². The molecule has 6 rings (SSSR count). The van der Waals surface area contributed by atoms with E-state index in [1.165, 1.54) is 22.3 Å². The highest BCUT2D eigenvalue weighted by Gasteiger charge is 2.30. The Balaban J connectivity index is 0.000000142. The van der Waals surface area contributed by atoms with Crippen LogP contribution >= 0.6 is 0 Å². The number of hydrogen-bond donors (Lipinski definition) is 1. The molecule has 0 spiro atoms. The highest BCUT2D eigenvalue weighted by molar-refractivity contribution is 6.02. The Bertz CT molecular complexity index is 1370. The Morgan fingerprint density at radius 3 is 2.09 bits per heavy atom. The van der Waals surface area contributed by atoms with Gasteiger partial charge >= 0.3 is 0 Å². The van der Waals surface area contributed by atoms with Gasteiger partial charge in [-0.15, -0.1) is 0 Å². The van der Waals surface area contributed by atoms with Gasteiger partial charge in [0.25, 0.3) is 0 Å². The fourth-order valence-corrected chi connectivity index (χ4v) is 4.98. The van der Waals surface area contributed by atoms with E-state index in [2.05, 4.69) is 50.2 Å². The lowest BCUT2D eigenvalue weighted by Crippen LogP contribution is -1.96. The summed E-state index contributed by atoms with van der Waals surface area (Å²) in [5.74, 6) is 0.521. The molecule has 168 valence electrons. The zero-order chi connectivity index (χ0) is 23.7. The van der Waals surface area contributed by atoms with Crippen LogP contribution in [0.2, 0.25) is 0 Å². The van der Waals surface area contributed by atoms with E-state index in [1.54, 1.807) is 0 Å². The largest absolute Gasteiger partial charge is 0.384 e. The number of ketones is 1. The van der Waals surface area contributed by atoms with Gasteiger partial charge in [0.2, 0.25) is 0 Å². The zero-order valence-corrected chi connectivity index (χ0v) is 19.5. The predicted molar refractivity (Wildman–Crippen MR) is 138 cm³/mol. The molecular formula is C32H28O2. The van der Waals surface area contributed by atoms with Crippen LogP contribution in [0.5, 0.6) is 0 Å². The molecule has 0 fully saturated rings. The number of aliphatic hydroxyl groups excluding tert-OH is 1. The number of rotatable bonds is 2. The first-order valence-electron chi connectivity index (χ1n) is 11.8. The van der Waals surface area contributed by atoms with E-state index in [-0.39, 0.29) is 11.7 Å². The summed E-state index contributed by atoms with van der Waals surface area (Å²) in [4.78, 5) is 12.0. The highest BCUT2D eigenvalue weighted by Crippen LogP contribution is 2.39. The third-order valence-corrected chi connectivity index (χ3v) is 6.70. The van der Waals surface area contributed by atoms with Crippen molar-refractivity contribution in [2.75, 3.05) is 0 Å². The average Bonchev–Trinajstić information content (AvgIpc) is 3.36. The summed E-state index contributed by atoms with van der Waals surface area (Å²) in [6, 6.07) is 32.8. The van der Waals surface area contributed by atoms with Crippen LogP contribution in [-0.4, -0.2) is 10.9 Å². The van der Waals surface area contributed by atoms with E-state index in [0.29, 0.717) is 6.42 Å². The number of fused-ring (bicyclic) bond motifs is 2. The monoisotopic (exact) mass is 444 g/mol. The number of hydrogen-bond acceptors (Lipinski definition) is 2. The smallest absolute Gasteiger partial charge is 0.164 e. The van der Waals surface area contributed by atoms with E-state index in [4.69, 9.17) is 0 Å². The van der Waals surface area contributed by atoms with Gasteiger partial charge in [-0.05, 0) is 53.3 Å². The van der Waals surface area contributed by atoms with Gasteiger partial charge in [0.1, 0.15) is 0 Å². The first-order valence-corrected chi connectivity index (χ1v) is 11.8. The molecule has 2 heteroatoms. The third-order valence-electron chi connectivity index (χ3n) is 6.70. The van der Waals surface area contributed by atoms with Crippen LogP contribution in [0.1, 0.15) is 67.7 Å². The van der Waals surface area contributed by atoms with Crippen LogP contribution in [0.25, 0.3) is 5.57 Å². The van der Waals surface area contributed by atoms with Crippen LogP contribution < -0.4 is 0 Å². The standard InChI is InChI=1S/2C16H14O/c2*1-11-7-8-13-15(9-11)14(10-16(13)17)12-5-3-2-4-6-12/h2-9,14H,10H2,1H3;2-10,16-17H,1H3/t14-;16-/m00/s1. The molecule has 0 amide bonds. The van der Waals surface area contributed by atoms with Gasteiger partial charge in [-0.25, -0.2) is 0 Å². The second-order valence-corrected chi connectivity index (χ2v) is 9.16. The van der Waals surface area contributed by atoms with E-state index in [0.717, 1.165) is 27.8 Å². The average molecular weight is 445 g/mol. The highest BCUT2D eigenvalue weighted by atomic mass is 16.3. The molecule has 2 atom stereocenters. The van der Waals surface area contributed by atoms with Gasteiger partial charge in [0.05, 0.1) is 6.10 Å². The molecule has 0 radical (unpaired) electrons. The van der Waals surface area contributed by atoms with Crippen molar-refractivity contribution < 1.29 is 9.90 Å². The van der Waals surface area contributed by atoms with Crippen molar-refractivity contribution >= 4 is 11.4 Å². The lowest BCUT2D eigenvalue weighted by Gasteiger charge is -2.11. The van der Waals surface area contributed by atoms with Gasteiger partial charge in [0, 0.05) is 17.9 Å². The Morgan fingerprint density at radius 1 is 0.706 bits per heavy atom. The topological polar surface area (TPSA) is 37.3 Å². The van der Waals surface area contributed by atoms with Crippen molar-refractivity contribution in [3.8, 4) is 0 Å². The maximum absolute atomic E-state index is 12.0. The van der Waals surface area contributed by atoms with E-state index < -0.39 is 6.10 Å². The number of Topliss-reactive ketones (excluding diaryl/α,β-unsaturated/α-hetero) is 1. The minimum absolute atomic E-state index is 0.249. The van der Waals surface area contributed by atoms with E-state index in [1.807, 2.05) is 66.7 Å². The molecule has 1 N–H and O–H groups in total. The molecule has 2 nitrogen and oxygen atoms in total. The molecule has 0 aromatic heterocycles. The lowest BCUT2D eigenvalue weighted by atomic mass is 9.92.